The van der Waals surface area contributed by atoms with Crippen LogP contribution in [0.25, 0.3) is 0 Å². The fraction of sp³-hybridized carbons (Fsp3) is 0.263. The second-order valence-electron chi connectivity index (χ2n) is 6.09. The summed E-state index contributed by atoms with van der Waals surface area (Å²) in [7, 11) is -0.0735. The average Bonchev–Trinajstić information content (AvgIpc) is 2.95. The van der Waals surface area contributed by atoms with E-state index in [1.54, 1.807) is 20.0 Å². The Morgan fingerprint density at radius 1 is 1.55 bits per heavy atom. The monoisotopic (exact) mass is 418 g/mol. The maximum Gasteiger partial charge on any atom is 0.276 e. The molecule has 152 valence electrons. The van der Waals surface area contributed by atoms with E-state index < -0.39 is 34.9 Å². The number of terminal acetylenes is 1. The van der Waals surface area contributed by atoms with Crippen molar-refractivity contribution >= 4 is 22.6 Å². The van der Waals surface area contributed by atoms with Gasteiger partial charge in [0.15, 0.2) is 11.4 Å². The van der Waals surface area contributed by atoms with Gasteiger partial charge in [-0.25, -0.2) is 13.3 Å². The van der Waals surface area contributed by atoms with E-state index in [-0.39, 0.29) is 34.2 Å². The summed E-state index contributed by atoms with van der Waals surface area (Å²) in [4.78, 5) is 13.0. The number of aliphatic hydroxyl groups is 1. The molecule has 0 radical (unpaired) electrons. The van der Waals surface area contributed by atoms with E-state index >= 15 is 0 Å². The van der Waals surface area contributed by atoms with Crippen LogP contribution in [0, 0.1) is 30.0 Å². The number of carbonyl (C=O) groups is 1. The molecule has 1 aromatic carbocycles. The lowest BCUT2D eigenvalue weighted by Crippen LogP contribution is -2.42. The summed E-state index contributed by atoms with van der Waals surface area (Å²) in [6.45, 7) is 1.57. The summed E-state index contributed by atoms with van der Waals surface area (Å²) in [6, 6.07) is 4.79. The predicted octanol–water partition coefficient (Wildman–Crippen LogP) is 1.29. The molecule has 8 nitrogen and oxygen atoms in total. The number of fused-ring (bicyclic) bond motifs is 1. The van der Waals surface area contributed by atoms with Crippen LogP contribution in [0.2, 0.25) is 0 Å². The normalized spacial score (nSPS) is 18.7. The standard InChI is InChI=1S/C17H17FN4O4S.C2H2/c1-9(23)13-8-26-16-14(27(25)21-13)7-22(2)15(16)17(24)20-11-3-4-12(18)10(5-11)6-19;1-2/h3-5,7,9,13,21,23H,8H2,1-2H3,(H,20,24);1-2H. The first-order valence-electron chi connectivity index (χ1n) is 8.34. The molecule has 3 unspecified atom stereocenters. The number of hydrogen-bond acceptors (Lipinski definition) is 5. The Bertz CT molecular complexity index is 1010. The maximum absolute atomic E-state index is 13.4. The zero-order valence-electron chi connectivity index (χ0n) is 15.7. The van der Waals surface area contributed by atoms with Crippen LogP contribution in [0.5, 0.6) is 5.75 Å². The number of rotatable bonds is 3. The van der Waals surface area contributed by atoms with Gasteiger partial charge in [-0.15, -0.1) is 12.8 Å². The lowest BCUT2D eigenvalue weighted by molar-refractivity contribution is 0.101. The highest BCUT2D eigenvalue weighted by Crippen LogP contribution is 2.31. The van der Waals surface area contributed by atoms with E-state index in [2.05, 4.69) is 22.9 Å². The quantitative estimate of drug-likeness (QED) is 0.650. The molecule has 2 heterocycles. The first-order chi connectivity index (χ1) is 13.8. The first-order valence-corrected chi connectivity index (χ1v) is 9.49. The summed E-state index contributed by atoms with van der Waals surface area (Å²) in [6.07, 6.45) is 8.70. The molecule has 0 bridgehead atoms. The van der Waals surface area contributed by atoms with E-state index in [0.717, 1.165) is 6.07 Å². The van der Waals surface area contributed by atoms with Crippen molar-refractivity contribution in [2.24, 2.45) is 7.05 Å². The number of carbonyl (C=O) groups excluding carboxylic acids is 1. The minimum atomic E-state index is -1.67. The molecule has 0 saturated carbocycles. The molecule has 1 aliphatic rings. The topological polar surface area (TPSA) is 116 Å². The van der Waals surface area contributed by atoms with Crippen LogP contribution in [-0.2, 0) is 18.0 Å². The molecular weight excluding hydrogens is 399 g/mol. The first kappa shape index (κ1) is 22.1. The average molecular weight is 418 g/mol. The van der Waals surface area contributed by atoms with Crippen molar-refractivity contribution in [3.05, 3.63) is 41.5 Å². The van der Waals surface area contributed by atoms with Gasteiger partial charge in [-0.2, -0.15) is 5.26 Å². The van der Waals surface area contributed by atoms with Crippen LogP contribution in [0.1, 0.15) is 23.0 Å². The second kappa shape index (κ2) is 9.34. The molecule has 3 atom stereocenters. The number of aryl methyl sites for hydroxylation is 1. The molecule has 3 rings (SSSR count). The second-order valence-corrected chi connectivity index (χ2v) is 7.30. The van der Waals surface area contributed by atoms with Crippen LogP contribution in [-0.4, -0.2) is 38.5 Å². The Balaban J connectivity index is 0.00000145. The highest BCUT2D eigenvalue weighted by atomic mass is 32.2. The summed E-state index contributed by atoms with van der Waals surface area (Å²) >= 11 is 0. The number of nitriles is 1. The Morgan fingerprint density at radius 2 is 2.24 bits per heavy atom. The number of aromatic nitrogens is 1. The fourth-order valence-electron chi connectivity index (χ4n) is 2.64. The molecule has 29 heavy (non-hydrogen) atoms. The van der Waals surface area contributed by atoms with Gasteiger partial charge in [0, 0.05) is 18.9 Å². The number of amides is 1. The summed E-state index contributed by atoms with van der Waals surface area (Å²) in [5, 5.41) is 21.2. The zero-order chi connectivity index (χ0) is 21.7. The van der Waals surface area contributed by atoms with Gasteiger partial charge in [0.25, 0.3) is 5.91 Å². The molecule has 0 spiro atoms. The van der Waals surface area contributed by atoms with Gasteiger partial charge >= 0.3 is 0 Å². The molecular formula is C19H19FN4O4S. The van der Waals surface area contributed by atoms with E-state index in [0.29, 0.717) is 0 Å². The van der Waals surface area contributed by atoms with Gasteiger partial charge in [-0.3, -0.25) is 4.79 Å². The molecule has 0 aliphatic carbocycles. The largest absolute Gasteiger partial charge is 0.488 e. The number of anilines is 1. The molecule has 1 aromatic heterocycles. The van der Waals surface area contributed by atoms with Crippen molar-refractivity contribution < 1.29 is 23.2 Å². The molecule has 10 heteroatoms. The van der Waals surface area contributed by atoms with E-state index in [9.17, 15) is 18.5 Å². The molecule has 3 N–H and O–H groups in total. The maximum atomic E-state index is 13.4. The number of nitrogens with zero attached hydrogens (tertiary/aromatic N) is 2. The van der Waals surface area contributed by atoms with Gasteiger partial charge in [0.1, 0.15) is 34.4 Å². The number of hydrogen-bond donors (Lipinski definition) is 3. The number of benzene rings is 1. The lowest BCUT2D eigenvalue weighted by atomic mass is 10.2. The number of nitrogens with one attached hydrogen (secondary N) is 2. The van der Waals surface area contributed by atoms with Crippen molar-refractivity contribution in [2.45, 2.75) is 24.0 Å². The Hall–Kier alpha value is -3.18. The number of aliphatic hydroxyl groups excluding tert-OH is 1. The number of ether oxygens (including phenoxy) is 1. The van der Waals surface area contributed by atoms with Gasteiger partial charge < -0.3 is 19.7 Å². The molecule has 1 amide bonds. The van der Waals surface area contributed by atoms with Crippen molar-refractivity contribution in [1.82, 2.24) is 9.29 Å². The third-order valence-corrected chi connectivity index (χ3v) is 5.32. The van der Waals surface area contributed by atoms with Crippen LogP contribution in [0.4, 0.5) is 10.1 Å². The van der Waals surface area contributed by atoms with Gasteiger partial charge in [0.2, 0.25) is 0 Å². The smallest absolute Gasteiger partial charge is 0.276 e. The molecule has 0 fully saturated rings. The van der Waals surface area contributed by atoms with Crippen LogP contribution < -0.4 is 14.8 Å². The third kappa shape index (κ3) is 4.63. The molecule has 2 aromatic rings. The van der Waals surface area contributed by atoms with Crippen LogP contribution in [0.3, 0.4) is 0 Å². The lowest BCUT2D eigenvalue weighted by Gasteiger charge is -2.17. The fourth-order valence-corrected chi connectivity index (χ4v) is 3.88. The van der Waals surface area contributed by atoms with Crippen molar-refractivity contribution in [3.63, 3.8) is 0 Å². The summed E-state index contributed by atoms with van der Waals surface area (Å²) in [5.74, 6) is -1.11. The van der Waals surface area contributed by atoms with Crippen molar-refractivity contribution in [3.8, 4) is 24.7 Å². The van der Waals surface area contributed by atoms with E-state index in [4.69, 9.17) is 10.00 Å². The number of halogens is 1. The third-order valence-electron chi connectivity index (χ3n) is 4.11. The van der Waals surface area contributed by atoms with Crippen LogP contribution in [0.15, 0.2) is 29.3 Å². The Kier molecular flexibility index (Phi) is 7.13. The Labute approximate surface area is 169 Å². The van der Waals surface area contributed by atoms with Crippen molar-refractivity contribution in [1.29, 1.82) is 5.26 Å². The molecule has 1 aliphatic heterocycles. The molecule has 0 saturated heterocycles. The minimum Gasteiger partial charge on any atom is -0.488 e. The van der Waals surface area contributed by atoms with Crippen molar-refractivity contribution in [2.75, 3.05) is 11.9 Å². The summed E-state index contributed by atoms with van der Waals surface area (Å²) < 4.78 is 35.8. The highest BCUT2D eigenvalue weighted by molar-refractivity contribution is 7.83. The minimum absolute atomic E-state index is 0.0236. The summed E-state index contributed by atoms with van der Waals surface area (Å²) in [5.41, 5.74) is 0.164. The zero-order valence-corrected chi connectivity index (χ0v) is 16.5. The van der Waals surface area contributed by atoms with Crippen LogP contribution >= 0.6 is 0 Å². The van der Waals surface area contributed by atoms with E-state index in [1.807, 2.05) is 0 Å². The van der Waals surface area contributed by atoms with Gasteiger partial charge in [-0.1, -0.05) is 0 Å². The Morgan fingerprint density at radius 3 is 2.86 bits per heavy atom. The SMILES string of the molecule is C#C.CC(O)C1COc2c(cn(C)c2C(=O)Nc2ccc(F)c(C#N)c2)S(=O)N1. The van der Waals surface area contributed by atoms with Gasteiger partial charge in [0.05, 0.1) is 17.7 Å². The highest BCUT2D eigenvalue weighted by Gasteiger charge is 2.31. The van der Waals surface area contributed by atoms with E-state index in [1.165, 1.54) is 22.9 Å². The predicted molar refractivity (Wildman–Crippen MR) is 105 cm³/mol. The van der Waals surface area contributed by atoms with Gasteiger partial charge in [-0.05, 0) is 25.1 Å².